The SMILES string of the molecule is C[C@H]1[C@H](NS(N)(=O)=O)O[C@@H]2OC3(C)CC[C@H]4[C@H](C)CC[C@@H]1[C@@]24OO3. The molecule has 4 saturated heterocycles. The van der Waals surface area contributed by atoms with E-state index in [1.165, 1.54) is 0 Å². The van der Waals surface area contributed by atoms with Gasteiger partial charge in [0, 0.05) is 18.3 Å². The largest absolute Gasteiger partial charge is 0.330 e. The van der Waals surface area contributed by atoms with Crippen molar-refractivity contribution in [3.8, 4) is 0 Å². The second-order valence-corrected chi connectivity index (χ2v) is 9.31. The molecule has 0 aromatic heterocycles. The van der Waals surface area contributed by atoms with Gasteiger partial charge in [0.2, 0.25) is 5.79 Å². The van der Waals surface area contributed by atoms with E-state index in [9.17, 15) is 8.42 Å². The number of rotatable bonds is 2. The first-order chi connectivity index (χ1) is 11.1. The van der Waals surface area contributed by atoms with E-state index in [-0.39, 0.29) is 17.8 Å². The molecule has 5 rings (SSSR count). The fourth-order valence-electron chi connectivity index (χ4n) is 5.20. The van der Waals surface area contributed by atoms with Crippen molar-refractivity contribution >= 4 is 10.2 Å². The summed E-state index contributed by atoms with van der Waals surface area (Å²) in [5.41, 5.74) is -0.691. The number of hydrogen-bond donors (Lipinski definition) is 2. The summed E-state index contributed by atoms with van der Waals surface area (Å²) in [6, 6.07) is 0. The summed E-state index contributed by atoms with van der Waals surface area (Å²) in [6.07, 6.45) is 2.22. The maximum absolute atomic E-state index is 11.5. The minimum absolute atomic E-state index is 0.0688. The molecule has 5 aliphatic rings. The van der Waals surface area contributed by atoms with E-state index in [0.29, 0.717) is 5.92 Å². The molecule has 4 heterocycles. The summed E-state index contributed by atoms with van der Waals surface area (Å²) in [4.78, 5) is 11.7. The summed E-state index contributed by atoms with van der Waals surface area (Å²) < 4.78 is 37.6. The van der Waals surface area contributed by atoms with E-state index in [2.05, 4.69) is 11.6 Å². The van der Waals surface area contributed by atoms with Crippen LogP contribution in [0.15, 0.2) is 0 Å². The smallest absolute Gasteiger partial charge is 0.276 e. The molecular formula is C15H26N2O6S. The van der Waals surface area contributed by atoms with Crippen molar-refractivity contribution in [2.24, 2.45) is 28.8 Å². The summed E-state index contributed by atoms with van der Waals surface area (Å²) in [5.74, 6) is -0.188. The molecule has 5 fully saturated rings. The highest BCUT2D eigenvalue weighted by atomic mass is 32.2. The highest BCUT2D eigenvalue weighted by Gasteiger charge is 2.69. The number of nitrogens with one attached hydrogen (secondary N) is 1. The number of hydrogen-bond acceptors (Lipinski definition) is 6. The Balaban J connectivity index is 1.75. The lowest BCUT2D eigenvalue weighted by Gasteiger charge is -2.60. The van der Waals surface area contributed by atoms with Crippen LogP contribution in [0.4, 0.5) is 0 Å². The van der Waals surface area contributed by atoms with Crippen LogP contribution in [0.1, 0.15) is 46.5 Å². The Hall–Kier alpha value is -0.290. The quantitative estimate of drug-likeness (QED) is 0.709. The van der Waals surface area contributed by atoms with Crippen molar-refractivity contribution in [1.29, 1.82) is 0 Å². The lowest BCUT2D eigenvalue weighted by molar-refractivity contribution is -0.571. The Kier molecular flexibility index (Phi) is 3.82. The zero-order chi connectivity index (χ0) is 17.3. The molecule has 8 atom stereocenters. The van der Waals surface area contributed by atoms with E-state index in [1.807, 2.05) is 13.8 Å². The third kappa shape index (κ3) is 2.45. The Bertz CT molecular complexity index is 629. The molecule has 9 heteroatoms. The standard InChI is InChI=1S/C15H26N2O6S/c1-8-4-5-11-9(2)12(17-24(16,18)19)20-13-15(11)10(8)6-7-14(3,21-13)22-23-15/h8-13,17H,4-7H2,1-3H3,(H2,16,18,19)/t8-,9-,10+,11+,12-,13-,14?,15-/m1/s1. The maximum Gasteiger partial charge on any atom is 0.276 e. The van der Waals surface area contributed by atoms with Crippen molar-refractivity contribution in [2.75, 3.05) is 0 Å². The fourth-order valence-corrected chi connectivity index (χ4v) is 5.80. The molecule has 0 amide bonds. The Morgan fingerprint density at radius 3 is 2.58 bits per heavy atom. The predicted octanol–water partition coefficient (Wildman–Crippen LogP) is 0.988. The molecule has 1 saturated carbocycles. The number of ether oxygens (including phenoxy) is 2. The maximum atomic E-state index is 11.5. The number of nitrogens with two attached hydrogens (primary N) is 1. The molecule has 4 aliphatic heterocycles. The van der Waals surface area contributed by atoms with Crippen molar-refractivity contribution in [2.45, 2.75) is 70.4 Å². The average Bonchev–Trinajstić information content (AvgIpc) is 2.69. The Labute approximate surface area is 142 Å². The van der Waals surface area contributed by atoms with E-state index < -0.39 is 34.1 Å². The lowest BCUT2D eigenvalue weighted by Crippen LogP contribution is -2.72. The Morgan fingerprint density at radius 2 is 1.88 bits per heavy atom. The van der Waals surface area contributed by atoms with Gasteiger partial charge in [0.15, 0.2) is 11.9 Å². The van der Waals surface area contributed by atoms with Gasteiger partial charge in [0.25, 0.3) is 10.2 Å². The van der Waals surface area contributed by atoms with Crippen molar-refractivity contribution < 1.29 is 27.7 Å². The number of fused-ring (bicyclic) bond motifs is 2. The molecule has 0 aromatic rings. The van der Waals surface area contributed by atoms with Crippen LogP contribution in [0.25, 0.3) is 0 Å². The highest BCUT2D eigenvalue weighted by Crippen LogP contribution is 2.60. The molecule has 2 bridgehead atoms. The van der Waals surface area contributed by atoms with Crippen LogP contribution in [0.5, 0.6) is 0 Å². The van der Waals surface area contributed by atoms with Crippen molar-refractivity contribution in [3.05, 3.63) is 0 Å². The van der Waals surface area contributed by atoms with Gasteiger partial charge in [-0.25, -0.2) is 14.9 Å². The zero-order valence-corrected chi connectivity index (χ0v) is 15.0. The van der Waals surface area contributed by atoms with E-state index in [4.69, 9.17) is 24.4 Å². The van der Waals surface area contributed by atoms with Gasteiger partial charge in [-0.2, -0.15) is 13.1 Å². The topological polar surface area (TPSA) is 109 Å². The molecule has 1 aliphatic carbocycles. The lowest BCUT2D eigenvalue weighted by atomic mass is 9.58. The van der Waals surface area contributed by atoms with Crippen LogP contribution in [0, 0.1) is 23.7 Å². The molecule has 3 N–H and O–H groups in total. The van der Waals surface area contributed by atoms with Gasteiger partial charge in [0.05, 0.1) is 0 Å². The molecule has 24 heavy (non-hydrogen) atoms. The first-order valence-corrected chi connectivity index (χ1v) is 10.2. The molecule has 8 nitrogen and oxygen atoms in total. The summed E-state index contributed by atoms with van der Waals surface area (Å²) >= 11 is 0. The van der Waals surface area contributed by atoms with Crippen LogP contribution in [-0.2, 0) is 29.5 Å². The van der Waals surface area contributed by atoms with E-state index in [0.717, 1.165) is 25.7 Å². The minimum Gasteiger partial charge on any atom is -0.330 e. The van der Waals surface area contributed by atoms with Gasteiger partial charge in [-0.05, 0) is 38.0 Å². The minimum atomic E-state index is -3.87. The van der Waals surface area contributed by atoms with Gasteiger partial charge in [-0.3, -0.25) is 0 Å². The van der Waals surface area contributed by atoms with E-state index >= 15 is 0 Å². The summed E-state index contributed by atoms with van der Waals surface area (Å²) in [7, 11) is -3.87. The normalized spacial score (nSPS) is 54.2. The van der Waals surface area contributed by atoms with Crippen molar-refractivity contribution in [3.63, 3.8) is 0 Å². The summed E-state index contributed by atoms with van der Waals surface area (Å²) in [6.45, 7) is 6.03. The van der Waals surface area contributed by atoms with Crippen molar-refractivity contribution in [1.82, 2.24) is 4.72 Å². The third-order valence-electron chi connectivity index (χ3n) is 6.44. The average molecular weight is 362 g/mol. The monoisotopic (exact) mass is 362 g/mol. The molecule has 0 radical (unpaired) electrons. The van der Waals surface area contributed by atoms with Crippen LogP contribution >= 0.6 is 0 Å². The van der Waals surface area contributed by atoms with Gasteiger partial charge in [-0.1, -0.05) is 13.8 Å². The van der Waals surface area contributed by atoms with Gasteiger partial charge < -0.3 is 9.47 Å². The highest BCUT2D eigenvalue weighted by molar-refractivity contribution is 7.87. The fraction of sp³-hybridized carbons (Fsp3) is 1.00. The van der Waals surface area contributed by atoms with Crippen LogP contribution in [-0.4, -0.2) is 32.3 Å². The molecular weight excluding hydrogens is 336 g/mol. The predicted molar refractivity (Wildman–Crippen MR) is 83.1 cm³/mol. The zero-order valence-electron chi connectivity index (χ0n) is 14.2. The van der Waals surface area contributed by atoms with Gasteiger partial charge in [-0.15, -0.1) is 0 Å². The first-order valence-electron chi connectivity index (χ1n) is 8.65. The van der Waals surface area contributed by atoms with Gasteiger partial charge in [0.1, 0.15) is 6.23 Å². The van der Waals surface area contributed by atoms with Crippen LogP contribution in [0.2, 0.25) is 0 Å². The van der Waals surface area contributed by atoms with Crippen LogP contribution in [0.3, 0.4) is 0 Å². The first kappa shape index (κ1) is 17.1. The molecule has 1 unspecified atom stereocenters. The second kappa shape index (κ2) is 5.35. The molecule has 0 aromatic carbocycles. The third-order valence-corrected chi connectivity index (χ3v) is 7.00. The van der Waals surface area contributed by atoms with Crippen LogP contribution < -0.4 is 9.86 Å². The van der Waals surface area contributed by atoms with Gasteiger partial charge >= 0.3 is 0 Å². The van der Waals surface area contributed by atoms with E-state index in [1.54, 1.807) is 0 Å². The molecule has 1 spiro atoms. The summed E-state index contributed by atoms with van der Waals surface area (Å²) in [5, 5.41) is 5.16. The molecule has 138 valence electrons. The second-order valence-electron chi connectivity index (χ2n) is 7.99. The Morgan fingerprint density at radius 1 is 1.12 bits per heavy atom.